The fourth-order valence-corrected chi connectivity index (χ4v) is 2.09. The topological polar surface area (TPSA) is 85.6 Å². The van der Waals surface area contributed by atoms with Gasteiger partial charge < -0.3 is 19.9 Å². The van der Waals surface area contributed by atoms with E-state index < -0.39 is 30.3 Å². The smallest absolute Gasteiger partial charge is 0.351 e. The third-order valence-electron chi connectivity index (χ3n) is 3.08. The maximum atomic E-state index is 14.2. The number of hydrogen-bond acceptors (Lipinski definition) is 6. The zero-order valence-electron chi connectivity index (χ0n) is 10.6. The SMILES string of the molecule is CNc1ccn([C@@H]2O[C@H](CO)[C@H](OC)[C@@H]2F)c(=O)n1. The largest absolute Gasteiger partial charge is 0.394 e. The molecule has 1 aromatic heterocycles. The minimum atomic E-state index is -1.55. The lowest BCUT2D eigenvalue weighted by Gasteiger charge is -2.16. The van der Waals surface area contributed by atoms with Crippen LogP contribution in [0.4, 0.5) is 10.2 Å². The second kappa shape index (κ2) is 5.64. The first-order valence-electron chi connectivity index (χ1n) is 5.82. The number of hydrogen-bond donors (Lipinski definition) is 2. The standard InChI is InChI=1S/C11H16FN3O4/c1-13-7-3-4-15(11(17)14-7)10-8(12)9(18-2)6(5-16)19-10/h3-4,6,8-10,16H,5H2,1-2H3,(H,13,14,17)/t6-,8+,9+,10-/m1/s1. The van der Waals surface area contributed by atoms with Crippen LogP contribution >= 0.6 is 0 Å². The number of halogens is 1. The van der Waals surface area contributed by atoms with Crippen molar-refractivity contribution in [1.29, 1.82) is 0 Å². The normalized spacial score (nSPS) is 30.5. The van der Waals surface area contributed by atoms with E-state index in [-0.39, 0.29) is 6.61 Å². The summed E-state index contributed by atoms with van der Waals surface area (Å²) in [6.45, 7) is -0.383. The van der Waals surface area contributed by atoms with Gasteiger partial charge in [-0.25, -0.2) is 9.18 Å². The maximum absolute atomic E-state index is 14.2. The first-order chi connectivity index (χ1) is 9.12. The third kappa shape index (κ3) is 2.46. The molecule has 0 aromatic carbocycles. The molecule has 1 aromatic rings. The molecule has 106 valence electrons. The summed E-state index contributed by atoms with van der Waals surface area (Å²) in [5.41, 5.74) is -0.632. The highest BCUT2D eigenvalue weighted by molar-refractivity contribution is 5.30. The molecule has 0 unspecified atom stereocenters. The molecule has 2 N–H and O–H groups in total. The highest BCUT2D eigenvalue weighted by Gasteiger charge is 2.46. The molecule has 1 aliphatic heterocycles. The average Bonchev–Trinajstić information content (AvgIpc) is 2.74. The Labute approximate surface area is 109 Å². The van der Waals surface area contributed by atoms with E-state index >= 15 is 0 Å². The Morgan fingerprint density at radius 1 is 1.68 bits per heavy atom. The fraction of sp³-hybridized carbons (Fsp3) is 0.636. The van der Waals surface area contributed by atoms with Crippen LogP contribution in [0.5, 0.6) is 0 Å². The maximum Gasteiger partial charge on any atom is 0.351 e. The van der Waals surface area contributed by atoms with Crippen LogP contribution in [0.3, 0.4) is 0 Å². The van der Waals surface area contributed by atoms with E-state index in [0.29, 0.717) is 5.82 Å². The van der Waals surface area contributed by atoms with E-state index in [1.807, 2.05) is 0 Å². The highest BCUT2D eigenvalue weighted by atomic mass is 19.1. The van der Waals surface area contributed by atoms with Gasteiger partial charge in [0.2, 0.25) is 0 Å². The lowest BCUT2D eigenvalue weighted by atomic mass is 10.1. The quantitative estimate of drug-likeness (QED) is 0.771. The first kappa shape index (κ1) is 13.9. The molecule has 0 amide bonds. The van der Waals surface area contributed by atoms with Crippen LogP contribution in [0.2, 0.25) is 0 Å². The number of aliphatic hydroxyl groups excluding tert-OH is 1. The van der Waals surface area contributed by atoms with E-state index in [1.165, 1.54) is 19.4 Å². The van der Waals surface area contributed by atoms with Crippen LogP contribution in [-0.2, 0) is 9.47 Å². The van der Waals surface area contributed by atoms with Crippen molar-refractivity contribution in [2.75, 3.05) is 26.1 Å². The lowest BCUT2D eigenvalue weighted by molar-refractivity contribution is -0.0544. The minimum absolute atomic E-state index is 0.383. The number of methoxy groups -OCH3 is 1. The van der Waals surface area contributed by atoms with Crippen LogP contribution < -0.4 is 11.0 Å². The van der Waals surface area contributed by atoms with Crippen LogP contribution in [0, 0.1) is 0 Å². The van der Waals surface area contributed by atoms with Crippen molar-refractivity contribution in [3.8, 4) is 0 Å². The number of anilines is 1. The Kier molecular flexibility index (Phi) is 4.13. The molecule has 7 nitrogen and oxygen atoms in total. The van der Waals surface area contributed by atoms with Crippen molar-refractivity contribution >= 4 is 5.82 Å². The zero-order chi connectivity index (χ0) is 14.0. The van der Waals surface area contributed by atoms with Gasteiger partial charge in [0.25, 0.3) is 0 Å². The van der Waals surface area contributed by atoms with Gasteiger partial charge in [-0.3, -0.25) is 4.57 Å². The third-order valence-corrected chi connectivity index (χ3v) is 3.08. The summed E-state index contributed by atoms with van der Waals surface area (Å²) in [5, 5.41) is 11.8. The van der Waals surface area contributed by atoms with Crippen molar-refractivity contribution in [2.24, 2.45) is 0 Å². The molecule has 1 fully saturated rings. The molecular weight excluding hydrogens is 257 g/mol. The molecule has 2 rings (SSSR count). The van der Waals surface area contributed by atoms with Gasteiger partial charge in [0.1, 0.15) is 18.0 Å². The van der Waals surface area contributed by atoms with Crippen LogP contribution in [-0.4, -0.2) is 53.8 Å². The van der Waals surface area contributed by atoms with Crippen molar-refractivity contribution in [2.45, 2.75) is 24.6 Å². The van der Waals surface area contributed by atoms with Gasteiger partial charge in [-0.15, -0.1) is 0 Å². The molecule has 19 heavy (non-hydrogen) atoms. The molecule has 0 saturated carbocycles. The van der Waals surface area contributed by atoms with Gasteiger partial charge in [0.05, 0.1) is 6.61 Å². The molecule has 0 spiro atoms. The molecule has 1 saturated heterocycles. The van der Waals surface area contributed by atoms with Crippen molar-refractivity contribution in [1.82, 2.24) is 9.55 Å². The number of rotatable bonds is 4. The molecule has 4 atom stereocenters. The monoisotopic (exact) mass is 273 g/mol. The van der Waals surface area contributed by atoms with Gasteiger partial charge in [-0.1, -0.05) is 0 Å². The Balaban J connectivity index is 2.30. The van der Waals surface area contributed by atoms with E-state index in [9.17, 15) is 9.18 Å². The summed E-state index contributed by atoms with van der Waals surface area (Å²) >= 11 is 0. The number of aliphatic hydroxyl groups is 1. The second-order valence-corrected chi connectivity index (χ2v) is 4.15. The van der Waals surface area contributed by atoms with Crippen LogP contribution in [0.25, 0.3) is 0 Å². The summed E-state index contributed by atoms with van der Waals surface area (Å²) in [7, 11) is 2.95. The zero-order valence-corrected chi connectivity index (χ0v) is 10.6. The van der Waals surface area contributed by atoms with Gasteiger partial charge in [0, 0.05) is 20.4 Å². The molecule has 1 aliphatic rings. The van der Waals surface area contributed by atoms with E-state index in [4.69, 9.17) is 14.6 Å². The summed E-state index contributed by atoms with van der Waals surface area (Å²) < 4.78 is 25.5. The van der Waals surface area contributed by atoms with Gasteiger partial charge in [-0.2, -0.15) is 4.98 Å². The van der Waals surface area contributed by atoms with Crippen molar-refractivity contribution in [3.63, 3.8) is 0 Å². The molecule has 0 aliphatic carbocycles. The minimum Gasteiger partial charge on any atom is -0.394 e. The van der Waals surface area contributed by atoms with Crippen LogP contribution in [0.1, 0.15) is 6.23 Å². The molecule has 2 heterocycles. The number of nitrogens with zero attached hydrogens (tertiary/aromatic N) is 2. The van der Waals surface area contributed by atoms with E-state index in [1.54, 1.807) is 7.05 Å². The van der Waals surface area contributed by atoms with E-state index in [0.717, 1.165) is 4.57 Å². The number of aromatic nitrogens is 2. The molecular formula is C11H16FN3O4. The Morgan fingerprint density at radius 3 is 2.89 bits per heavy atom. The predicted molar refractivity (Wildman–Crippen MR) is 64.7 cm³/mol. The predicted octanol–water partition coefficient (Wildman–Crippen LogP) is -0.472. The second-order valence-electron chi connectivity index (χ2n) is 4.15. The summed E-state index contributed by atoms with van der Waals surface area (Å²) in [5.74, 6) is 0.386. The van der Waals surface area contributed by atoms with E-state index in [2.05, 4.69) is 10.3 Å². The highest BCUT2D eigenvalue weighted by Crippen LogP contribution is 2.32. The fourth-order valence-electron chi connectivity index (χ4n) is 2.09. The number of nitrogens with one attached hydrogen (secondary N) is 1. The van der Waals surface area contributed by atoms with Crippen molar-refractivity contribution in [3.05, 3.63) is 22.7 Å². The Hall–Kier alpha value is -1.51. The van der Waals surface area contributed by atoms with Gasteiger partial charge in [-0.05, 0) is 6.07 Å². The summed E-state index contributed by atoms with van der Waals surface area (Å²) in [6.07, 6.45) is -3.02. The number of ether oxygens (including phenoxy) is 2. The lowest BCUT2D eigenvalue weighted by Crippen LogP contribution is -2.34. The number of alkyl halides is 1. The van der Waals surface area contributed by atoms with Crippen molar-refractivity contribution < 1.29 is 19.0 Å². The molecule has 0 radical (unpaired) electrons. The van der Waals surface area contributed by atoms with Gasteiger partial charge in [0.15, 0.2) is 12.4 Å². The molecule has 0 bridgehead atoms. The summed E-state index contributed by atoms with van der Waals surface area (Å²) in [6, 6.07) is 1.53. The Bertz CT molecular complexity index is 495. The molecule has 8 heteroatoms. The van der Waals surface area contributed by atoms with Gasteiger partial charge >= 0.3 is 5.69 Å². The summed E-state index contributed by atoms with van der Waals surface area (Å²) in [4.78, 5) is 15.5. The average molecular weight is 273 g/mol. The first-order valence-corrected chi connectivity index (χ1v) is 5.82. The van der Waals surface area contributed by atoms with Crippen LogP contribution in [0.15, 0.2) is 17.1 Å². The Morgan fingerprint density at radius 2 is 2.42 bits per heavy atom.